The van der Waals surface area contributed by atoms with Crippen molar-refractivity contribution in [3.63, 3.8) is 0 Å². The zero-order valence-electron chi connectivity index (χ0n) is 12.7. The zero-order valence-corrected chi connectivity index (χ0v) is 12.7. The number of methoxy groups -OCH3 is 1. The molecule has 1 aromatic carbocycles. The highest BCUT2D eigenvalue weighted by molar-refractivity contribution is 5.88. The Morgan fingerprint density at radius 3 is 2.48 bits per heavy atom. The van der Waals surface area contributed by atoms with Gasteiger partial charge in [-0.25, -0.2) is 4.79 Å². The molecule has 1 aromatic rings. The Kier molecular flexibility index (Phi) is 6.02. The van der Waals surface area contributed by atoms with E-state index >= 15 is 0 Å². The van der Waals surface area contributed by atoms with Crippen molar-refractivity contribution in [2.75, 3.05) is 7.11 Å². The van der Waals surface area contributed by atoms with Crippen LogP contribution in [0, 0.1) is 0 Å². The number of nitrogens with one attached hydrogen (secondary N) is 1. The van der Waals surface area contributed by atoms with Crippen LogP contribution in [-0.4, -0.2) is 36.2 Å². The fourth-order valence-electron chi connectivity index (χ4n) is 1.60. The number of amides is 1. The minimum Gasteiger partial charge on any atom is -0.493 e. The van der Waals surface area contributed by atoms with Crippen molar-refractivity contribution in [3.8, 4) is 11.5 Å². The van der Waals surface area contributed by atoms with Crippen LogP contribution in [0.3, 0.4) is 0 Å². The van der Waals surface area contributed by atoms with Gasteiger partial charge >= 0.3 is 5.97 Å². The summed E-state index contributed by atoms with van der Waals surface area (Å²) in [7, 11) is 1.41. The first-order valence-electron chi connectivity index (χ1n) is 6.77. The Bertz CT molecular complexity index is 515. The Morgan fingerprint density at radius 2 is 1.95 bits per heavy atom. The Morgan fingerprint density at radius 1 is 1.29 bits per heavy atom. The summed E-state index contributed by atoms with van der Waals surface area (Å²) >= 11 is 0. The quantitative estimate of drug-likeness (QED) is 0.804. The van der Waals surface area contributed by atoms with Crippen molar-refractivity contribution in [3.05, 3.63) is 23.8 Å². The first-order valence-corrected chi connectivity index (χ1v) is 6.77. The van der Waals surface area contributed by atoms with E-state index in [1.807, 2.05) is 13.8 Å². The second-order valence-electron chi connectivity index (χ2n) is 4.75. The van der Waals surface area contributed by atoms with E-state index in [0.29, 0.717) is 5.75 Å². The SMILES string of the molecule is CCC(C)NC(=O)C(C)Oc1ccc(C(=O)O)cc1OC. The minimum atomic E-state index is -1.05. The standard InChI is InChI=1S/C15H21NO5/c1-5-9(2)16-14(17)10(3)21-12-7-6-11(15(18)19)8-13(12)20-4/h6-10H,5H2,1-4H3,(H,16,17)(H,18,19). The van der Waals surface area contributed by atoms with Crippen molar-refractivity contribution < 1.29 is 24.2 Å². The average Bonchev–Trinajstić information content (AvgIpc) is 2.46. The molecule has 0 aromatic heterocycles. The predicted molar refractivity (Wildman–Crippen MR) is 77.9 cm³/mol. The molecular weight excluding hydrogens is 274 g/mol. The molecule has 0 spiro atoms. The molecule has 0 radical (unpaired) electrons. The monoisotopic (exact) mass is 295 g/mol. The third-order valence-electron chi connectivity index (χ3n) is 3.08. The first-order chi connectivity index (χ1) is 9.88. The van der Waals surface area contributed by atoms with Gasteiger partial charge in [0.15, 0.2) is 17.6 Å². The zero-order chi connectivity index (χ0) is 16.0. The van der Waals surface area contributed by atoms with Gasteiger partial charge in [0.2, 0.25) is 0 Å². The van der Waals surface area contributed by atoms with Crippen LogP contribution in [0.15, 0.2) is 18.2 Å². The van der Waals surface area contributed by atoms with Gasteiger partial charge < -0.3 is 19.9 Å². The van der Waals surface area contributed by atoms with Crippen molar-refractivity contribution in [1.29, 1.82) is 0 Å². The molecule has 0 saturated carbocycles. The van der Waals surface area contributed by atoms with Crippen LogP contribution < -0.4 is 14.8 Å². The van der Waals surface area contributed by atoms with E-state index in [1.54, 1.807) is 6.92 Å². The third kappa shape index (κ3) is 4.66. The number of hydrogen-bond donors (Lipinski definition) is 2. The second kappa shape index (κ2) is 7.52. The number of rotatable bonds is 7. The van der Waals surface area contributed by atoms with Gasteiger partial charge in [-0.05, 0) is 38.5 Å². The molecule has 0 aliphatic rings. The van der Waals surface area contributed by atoms with E-state index in [9.17, 15) is 9.59 Å². The van der Waals surface area contributed by atoms with Crippen LogP contribution in [0.25, 0.3) is 0 Å². The van der Waals surface area contributed by atoms with Gasteiger partial charge in [0, 0.05) is 6.04 Å². The van der Waals surface area contributed by atoms with E-state index in [2.05, 4.69) is 5.32 Å². The highest BCUT2D eigenvalue weighted by Crippen LogP contribution is 2.29. The van der Waals surface area contributed by atoms with Crippen molar-refractivity contribution in [2.45, 2.75) is 39.3 Å². The van der Waals surface area contributed by atoms with E-state index in [-0.39, 0.29) is 23.3 Å². The maximum Gasteiger partial charge on any atom is 0.335 e. The largest absolute Gasteiger partial charge is 0.493 e. The molecule has 2 atom stereocenters. The van der Waals surface area contributed by atoms with E-state index in [0.717, 1.165) is 6.42 Å². The van der Waals surface area contributed by atoms with Crippen LogP contribution >= 0.6 is 0 Å². The molecule has 1 amide bonds. The summed E-state index contributed by atoms with van der Waals surface area (Å²) in [4.78, 5) is 22.8. The van der Waals surface area contributed by atoms with Crippen LogP contribution in [0.5, 0.6) is 11.5 Å². The first kappa shape index (κ1) is 16.8. The van der Waals surface area contributed by atoms with Crippen molar-refractivity contribution in [1.82, 2.24) is 5.32 Å². The number of benzene rings is 1. The average molecular weight is 295 g/mol. The summed E-state index contributed by atoms with van der Waals surface area (Å²) in [6.07, 6.45) is 0.123. The van der Waals surface area contributed by atoms with Crippen LogP contribution in [0.2, 0.25) is 0 Å². The van der Waals surface area contributed by atoms with Gasteiger partial charge in [-0.2, -0.15) is 0 Å². The molecule has 21 heavy (non-hydrogen) atoms. The maximum absolute atomic E-state index is 11.9. The summed E-state index contributed by atoms with van der Waals surface area (Å²) < 4.78 is 10.6. The predicted octanol–water partition coefficient (Wildman–Crippen LogP) is 2.08. The molecular formula is C15H21NO5. The fraction of sp³-hybridized carbons (Fsp3) is 0.467. The Labute approximate surface area is 124 Å². The lowest BCUT2D eigenvalue weighted by molar-refractivity contribution is -0.127. The number of carbonyl (C=O) groups is 2. The topological polar surface area (TPSA) is 84.9 Å². The minimum absolute atomic E-state index is 0.0693. The molecule has 0 bridgehead atoms. The molecule has 6 heteroatoms. The molecule has 2 N–H and O–H groups in total. The molecule has 0 fully saturated rings. The lowest BCUT2D eigenvalue weighted by Crippen LogP contribution is -2.41. The van der Waals surface area contributed by atoms with E-state index < -0.39 is 12.1 Å². The smallest absolute Gasteiger partial charge is 0.335 e. The number of hydrogen-bond acceptors (Lipinski definition) is 4. The molecule has 1 rings (SSSR count). The molecule has 0 aliphatic carbocycles. The molecule has 2 unspecified atom stereocenters. The van der Waals surface area contributed by atoms with E-state index in [4.69, 9.17) is 14.6 Å². The summed E-state index contributed by atoms with van der Waals surface area (Å²) in [6, 6.07) is 4.31. The summed E-state index contributed by atoms with van der Waals surface area (Å²) in [6.45, 7) is 5.51. The molecule has 0 aliphatic heterocycles. The molecule has 0 saturated heterocycles. The molecule has 6 nitrogen and oxygen atoms in total. The number of ether oxygens (including phenoxy) is 2. The summed E-state index contributed by atoms with van der Waals surface area (Å²) in [5.74, 6) is -0.677. The number of carbonyl (C=O) groups excluding carboxylic acids is 1. The molecule has 0 heterocycles. The van der Waals surface area contributed by atoms with Crippen LogP contribution in [0.4, 0.5) is 0 Å². The summed E-state index contributed by atoms with van der Waals surface area (Å²) in [5, 5.41) is 11.7. The van der Waals surface area contributed by atoms with Gasteiger partial charge in [0.05, 0.1) is 12.7 Å². The highest BCUT2D eigenvalue weighted by Gasteiger charge is 2.19. The normalized spacial score (nSPS) is 13.1. The number of aromatic carboxylic acids is 1. The Hall–Kier alpha value is -2.24. The maximum atomic E-state index is 11.9. The van der Waals surface area contributed by atoms with E-state index in [1.165, 1.54) is 25.3 Å². The highest BCUT2D eigenvalue weighted by atomic mass is 16.5. The lowest BCUT2D eigenvalue weighted by atomic mass is 10.2. The lowest BCUT2D eigenvalue weighted by Gasteiger charge is -2.19. The van der Waals surface area contributed by atoms with Crippen molar-refractivity contribution >= 4 is 11.9 Å². The second-order valence-corrected chi connectivity index (χ2v) is 4.75. The van der Waals surface area contributed by atoms with Gasteiger partial charge in [0.1, 0.15) is 0 Å². The van der Waals surface area contributed by atoms with Gasteiger partial charge in [-0.15, -0.1) is 0 Å². The van der Waals surface area contributed by atoms with Crippen molar-refractivity contribution in [2.24, 2.45) is 0 Å². The van der Waals surface area contributed by atoms with Gasteiger partial charge in [-0.1, -0.05) is 6.92 Å². The van der Waals surface area contributed by atoms with Gasteiger partial charge in [-0.3, -0.25) is 4.79 Å². The molecule has 116 valence electrons. The third-order valence-corrected chi connectivity index (χ3v) is 3.08. The number of carboxylic acids is 1. The fourth-order valence-corrected chi connectivity index (χ4v) is 1.60. The number of carboxylic acid groups (broad SMARTS) is 1. The van der Waals surface area contributed by atoms with Crippen LogP contribution in [0.1, 0.15) is 37.6 Å². The van der Waals surface area contributed by atoms with Gasteiger partial charge in [0.25, 0.3) is 5.91 Å². The van der Waals surface area contributed by atoms with Crippen LogP contribution in [-0.2, 0) is 4.79 Å². The summed E-state index contributed by atoms with van der Waals surface area (Å²) in [5.41, 5.74) is 0.0934. The Balaban J connectivity index is 2.82.